The molecule has 2 saturated heterocycles. The van der Waals surface area contributed by atoms with Gasteiger partial charge in [0.2, 0.25) is 11.8 Å². The number of hydrogen-bond donors (Lipinski definition) is 2. The van der Waals surface area contributed by atoms with E-state index in [2.05, 4.69) is 22.5 Å². The zero-order valence-electron chi connectivity index (χ0n) is 25.4. The van der Waals surface area contributed by atoms with Crippen LogP contribution >= 0.6 is 0 Å². The number of halogens is 3. The van der Waals surface area contributed by atoms with E-state index in [1.165, 1.54) is 51.4 Å². The molecule has 234 valence electrons. The topological polar surface area (TPSA) is 61.4 Å². The summed E-state index contributed by atoms with van der Waals surface area (Å²) in [7, 11) is 2.00. The molecule has 2 N–H and O–H groups in total. The van der Waals surface area contributed by atoms with E-state index in [1.807, 2.05) is 7.05 Å². The molecule has 2 aliphatic heterocycles. The van der Waals surface area contributed by atoms with Crippen LogP contribution in [-0.4, -0.2) is 54.6 Å². The number of rotatable bonds is 7. The number of alkyl halides is 3. The fourth-order valence-electron chi connectivity index (χ4n) is 9.39. The number of likely N-dealkylation sites (tertiary alicyclic amines) is 1. The van der Waals surface area contributed by atoms with Gasteiger partial charge < -0.3 is 15.5 Å². The van der Waals surface area contributed by atoms with Gasteiger partial charge in [0, 0.05) is 43.6 Å². The lowest BCUT2D eigenvalue weighted by atomic mass is 9.65. The maximum absolute atomic E-state index is 13.8. The Morgan fingerprint density at radius 1 is 0.951 bits per heavy atom. The summed E-state index contributed by atoms with van der Waals surface area (Å²) in [6, 6.07) is 0.752. The van der Waals surface area contributed by atoms with Crippen LogP contribution in [0, 0.1) is 41.4 Å². The Hall–Kier alpha value is -1.31. The molecule has 3 saturated carbocycles. The third kappa shape index (κ3) is 7.62. The van der Waals surface area contributed by atoms with Crippen molar-refractivity contribution in [2.75, 3.05) is 13.6 Å². The fourth-order valence-corrected chi connectivity index (χ4v) is 9.39. The Balaban J connectivity index is 1.12. The Labute approximate surface area is 245 Å². The molecule has 2 heterocycles. The maximum Gasteiger partial charge on any atom is 0.391 e. The van der Waals surface area contributed by atoms with Crippen molar-refractivity contribution in [1.29, 1.82) is 0 Å². The van der Waals surface area contributed by atoms with Gasteiger partial charge in [-0.05, 0) is 81.5 Å². The molecule has 5 rings (SSSR count). The van der Waals surface area contributed by atoms with E-state index in [1.54, 1.807) is 0 Å². The van der Waals surface area contributed by atoms with Crippen molar-refractivity contribution in [1.82, 2.24) is 15.5 Å². The molecule has 0 bridgehead atoms. The van der Waals surface area contributed by atoms with Crippen molar-refractivity contribution in [3.05, 3.63) is 0 Å². The average Bonchev–Trinajstić information content (AvgIpc) is 2.96. The average molecular weight is 582 g/mol. The first-order chi connectivity index (χ1) is 19.6. The molecule has 0 aromatic rings. The number of piperidine rings is 2. The SMILES string of the molecule is CC1CCC(NC(=O)C2CCCC(C(F)(F)F)C2)CC1C1CC2CNC(CCCC3CCCCC3)CC2N(C)C1=O. The lowest BCUT2D eigenvalue weighted by Gasteiger charge is -2.50. The van der Waals surface area contributed by atoms with E-state index in [-0.39, 0.29) is 42.5 Å². The van der Waals surface area contributed by atoms with E-state index in [9.17, 15) is 22.8 Å². The summed E-state index contributed by atoms with van der Waals surface area (Å²) < 4.78 is 39.9. The predicted octanol–water partition coefficient (Wildman–Crippen LogP) is 6.85. The normalized spacial score (nSPS) is 39.3. The van der Waals surface area contributed by atoms with Gasteiger partial charge in [-0.1, -0.05) is 58.3 Å². The van der Waals surface area contributed by atoms with E-state index in [0.717, 1.165) is 44.6 Å². The molecule has 5 fully saturated rings. The van der Waals surface area contributed by atoms with E-state index >= 15 is 0 Å². The van der Waals surface area contributed by atoms with Crippen LogP contribution in [0.25, 0.3) is 0 Å². The second kappa shape index (κ2) is 13.5. The van der Waals surface area contributed by atoms with E-state index < -0.39 is 18.0 Å². The summed E-state index contributed by atoms with van der Waals surface area (Å²) in [4.78, 5) is 28.9. The number of carbonyl (C=O) groups is 2. The molecular formula is C33H54F3N3O2. The van der Waals surface area contributed by atoms with Gasteiger partial charge in [0.25, 0.3) is 0 Å². The zero-order chi connectivity index (χ0) is 29.1. The standard InChI is InChI=1S/C33H54F3N3O2/c1-21-14-15-27(38-31(40)23-11-7-12-25(16-23)33(34,35)36)18-28(21)29-17-24-20-37-26(19-30(24)39(2)32(29)41)13-6-10-22-8-4-3-5-9-22/h21-30,37H,3-20H2,1-2H3,(H,38,40). The highest BCUT2D eigenvalue weighted by Gasteiger charge is 2.48. The van der Waals surface area contributed by atoms with Crippen molar-refractivity contribution < 1.29 is 22.8 Å². The molecule has 0 aromatic heterocycles. The van der Waals surface area contributed by atoms with Gasteiger partial charge >= 0.3 is 6.18 Å². The van der Waals surface area contributed by atoms with E-state index in [4.69, 9.17) is 0 Å². The Morgan fingerprint density at radius 2 is 1.73 bits per heavy atom. The summed E-state index contributed by atoms with van der Waals surface area (Å²) in [6.45, 7) is 3.20. The van der Waals surface area contributed by atoms with Crippen molar-refractivity contribution in [2.45, 2.75) is 140 Å². The summed E-state index contributed by atoms with van der Waals surface area (Å²) >= 11 is 0. The quantitative estimate of drug-likeness (QED) is 0.346. The Bertz CT molecular complexity index is 891. The summed E-state index contributed by atoms with van der Waals surface area (Å²) in [5.41, 5.74) is 0. The minimum atomic E-state index is -4.22. The highest BCUT2D eigenvalue weighted by molar-refractivity contribution is 5.80. The molecule has 0 spiro atoms. The Morgan fingerprint density at radius 3 is 2.49 bits per heavy atom. The highest BCUT2D eigenvalue weighted by Crippen LogP contribution is 2.44. The van der Waals surface area contributed by atoms with Crippen LogP contribution in [0.4, 0.5) is 13.2 Å². The third-order valence-corrected chi connectivity index (χ3v) is 12.0. The van der Waals surface area contributed by atoms with Gasteiger partial charge in [-0.15, -0.1) is 0 Å². The molecule has 3 aliphatic carbocycles. The van der Waals surface area contributed by atoms with E-state index in [0.29, 0.717) is 36.8 Å². The molecule has 9 unspecified atom stereocenters. The van der Waals surface area contributed by atoms with Gasteiger partial charge in [0.1, 0.15) is 0 Å². The van der Waals surface area contributed by atoms with Crippen LogP contribution in [0.3, 0.4) is 0 Å². The number of carbonyl (C=O) groups excluding carboxylic acids is 2. The van der Waals surface area contributed by atoms with Crippen LogP contribution in [0.5, 0.6) is 0 Å². The van der Waals surface area contributed by atoms with Crippen molar-refractivity contribution in [2.24, 2.45) is 41.4 Å². The number of amides is 2. The second-order valence-corrected chi connectivity index (χ2v) is 14.7. The van der Waals surface area contributed by atoms with Gasteiger partial charge in [-0.2, -0.15) is 13.2 Å². The molecule has 41 heavy (non-hydrogen) atoms. The van der Waals surface area contributed by atoms with Crippen LogP contribution in [0.2, 0.25) is 0 Å². The van der Waals surface area contributed by atoms with Crippen LogP contribution in [0.15, 0.2) is 0 Å². The first kappa shape index (κ1) is 31.1. The number of hydrogen-bond acceptors (Lipinski definition) is 3. The van der Waals surface area contributed by atoms with Crippen LogP contribution < -0.4 is 10.6 Å². The van der Waals surface area contributed by atoms with Gasteiger partial charge in [0.05, 0.1) is 5.92 Å². The molecule has 0 aromatic carbocycles. The Kier molecular flexibility index (Phi) is 10.3. The largest absolute Gasteiger partial charge is 0.391 e. The molecule has 5 nitrogen and oxygen atoms in total. The number of nitrogens with one attached hydrogen (secondary N) is 2. The second-order valence-electron chi connectivity index (χ2n) is 14.7. The maximum atomic E-state index is 13.8. The molecule has 0 radical (unpaired) electrons. The van der Waals surface area contributed by atoms with Crippen molar-refractivity contribution >= 4 is 11.8 Å². The summed E-state index contributed by atoms with van der Waals surface area (Å²) in [5, 5.41) is 6.97. The number of nitrogens with zero attached hydrogens (tertiary/aromatic N) is 1. The number of fused-ring (bicyclic) bond motifs is 1. The highest BCUT2D eigenvalue weighted by atomic mass is 19.4. The first-order valence-corrected chi connectivity index (χ1v) is 17.0. The van der Waals surface area contributed by atoms with Crippen molar-refractivity contribution in [3.63, 3.8) is 0 Å². The van der Waals surface area contributed by atoms with Crippen LogP contribution in [-0.2, 0) is 9.59 Å². The lowest BCUT2D eigenvalue weighted by molar-refractivity contribution is -0.186. The zero-order valence-corrected chi connectivity index (χ0v) is 25.4. The minimum absolute atomic E-state index is 0.0371. The minimum Gasteiger partial charge on any atom is -0.353 e. The summed E-state index contributed by atoms with van der Waals surface area (Å²) in [6.07, 6.45) is 12.1. The third-order valence-electron chi connectivity index (χ3n) is 12.0. The van der Waals surface area contributed by atoms with Gasteiger partial charge in [0.15, 0.2) is 0 Å². The van der Waals surface area contributed by atoms with Gasteiger partial charge in [-0.25, -0.2) is 0 Å². The van der Waals surface area contributed by atoms with Gasteiger partial charge in [-0.3, -0.25) is 9.59 Å². The monoisotopic (exact) mass is 581 g/mol. The molecule has 9 atom stereocenters. The van der Waals surface area contributed by atoms with Crippen LogP contribution in [0.1, 0.15) is 116 Å². The molecule has 8 heteroatoms. The molecule has 5 aliphatic rings. The first-order valence-electron chi connectivity index (χ1n) is 17.0. The lowest BCUT2D eigenvalue weighted by Crippen LogP contribution is -2.60. The van der Waals surface area contributed by atoms with Crippen molar-refractivity contribution in [3.8, 4) is 0 Å². The smallest absolute Gasteiger partial charge is 0.353 e. The predicted molar refractivity (Wildman–Crippen MR) is 155 cm³/mol. The fraction of sp³-hybridized carbons (Fsp3) is 0.939. The molecular weight excluding hydrogens is 527 g/mol. The summed E-state index contributed by atoms with van der Waals surface area (Å²) in [5.74, 6) is 0.0723. The molecule has 2 amide bonds.